The molecule has 1 atom stereocenters. The Balaban J connectivity index is 1.92. The minimum atomic E-state index is 0.355. The zero-order chi connectivity index (χ0) is 10.7. The predicted molar refractivity (Wildman–Crippen MR) is 67.8 cm³/mol. The standard InChI is InChI=1S/C13H18BrN/c14-12-7-5-10(6-8-12)9-13(15)11-3-1-2-4-11/h5-8,11,13H,1-4,9,15H2. The Labute approximate surface area is 100 Å². The van der Waals surface area contributed by atoms with Gasteiger partial charge in [0.15, 0.2) is 0 Å². The fourth-order valence-corrected chi connectivity index (χ4v) is 2.71. The molecule has 1 fully saturated rings. The van der Waals surface area contributed by atoms with Crippen LogP contribution in [0.25, 0.3) is 0 Å². The zero-order valence-corrected chi connectivity index (χ0v) is 10.5. The highest BCUT2D eigenvalue weighted by molar-refractivity contribution is 9.10. The molecule has 0 amide bonds. The quantitative estimate of drug-likeness (QED) is 0.892. The van der Waals surface area contributed by atoms with Gasteiger partial charge < -0.3 is 5.73 Å². The maximum atomic E-state index is 6.24. The van der Waals surface area contributed by atoms with Crippen LogP contribution in [0.3, 0.4) is 0 Å². The second-order valence-electron chi connectivity index (χ2n) is 4.54. The van der Waals surface area contributed by atoms with E-state index in [1.165, 1.54) is 31.2 Å². The summed E-state index contributed by atoms with van der Waals surface area (Å²) < 4.78 is 1.14. The largest absolute Gasteiger partial charge is 0.327 e. The molecule has 2 rings (SSSR count). The number of hydrogen-bond donors (Lipinski definition) is 1. The average molecular weight is 268 g/mol. The van der Waals surface area contributed by atoms with E-state index in [0.717, 1.165) is 16.8 Å². The van der Waals surface area contributed by atoms with Gasteiger partial charge in [0.05, 0.1) is 0 Å². The predicted octanol–water partition coefficient (Wildman–Crippen LogP) is 3.51. The maximum absolute atomic E-state index is 6.24. The molecule has 1 aliphatic rings. The Morgan fingerprint density at radius 2 is 1.80 bits per heavy atom. The number of rotatable bonds is 3. The fourth-order valence-electron chi connectivity index (χ4n) is 2.44. The maximum Gasteiger partial charge on any atom is 0.0175 e. The van der Waals surface area contributed by atoms with Crippen molar-refractivity contribution >= 4 is 15.9 Å². The third kappa shape index (κ3) is 3.05. The molecule has 1 nitrogen and oxygen atoms in total. The number of nitrogens with two attached hydrogens (primary N) is 1. The van der Waals surface area contributed by atoms with Crippen molar-refractivity contribution in [1.29, 1.82) is 0 Å². The summed E-state index contributed by atoms with van der Waals surface area (Å²) in [6.45, 7) is 0. The molecule has 2 heteroatoms. The van der Waals surface area contributed by atoms with Gasteiger partial charge in [0.1, 0.15) is 0 Å². The first kappa shape index (κ1) is 11.2. The van der Waals surface area contributed by atoms with Crippen molar-refractivity contribution in [2.24, 2.45) is 11.7 Å². The number of benzene rings is 1. The molecule has 1 aliphatic carbocycles. The van der Waals surface area contributed by atoms with Gasteiger partial charge in [-0.2, -0.15) is 0 Å². The van der Waals surface area contributed by atoms with Crippen LogP contribution in [0.2, 0.25) is 0 Å². The van der Waals surface area contributed by atoms with Crippen molar-refractivity contribution in [1.82, 2.24) is 0 Å². The Bertz CT molecular complexity index is 301. The van der Waals surface area contributed by atoms with E-state index in [4.69, 9.17) is 5.73 Å². The molecule has 0 heterocycles. The third-order valence-corrected chi connectivity index (χ3v) is 3.92. The van der Waals surface area contributed by atoms with Crippen LogP contribution in [-0.4, -0.2) is 6.04 Å². The number of hydrogen-bond acceptors (Lipinski definition) is 1. The highest BCUT2D eigenvalue weighted by Gasteiger charge is 2.21. The van der Waals surface area contributed by atoms with Crippen molar-refractivity contribution in [2.45, 2.75) is 38.1 Å². The molecular weight excluding hydrogens is 250 g/mol. The van der Waals surface area contributed by atoms with Gasteiger partial charge in [-0.1, -0.05) is 40.9 Å². The highest BCUT2D eigenvalue weighted by Crippen LogP contribution is 2.28. The van der Waals surface area contributed by atoms with Crippen LogP contribution in [-0.2, 0) is 6.42 Å². The second-order valence-corrected chi connectivity index (χ2v) is 5.45. The van der Waals surface area contributed by atoms with Crippen molar-refractivity contribution in [3.8, 4) is 0 Å². The summed E-state index contributed by atoms with van der Waals surface area (Å²) in [4.78, 5) is 0. The van der Waals surface area contributed by atoms with Gasteiger partial charge >= 0.3 is 0 Å². The molecule has 0 aromatic heterocycles. The van der Waals surface area contributed by atoms with E-state index in [-0.39, 0.29) is 0 Å². The summed E-state index contributed by atoms with van der Waals surface area (Å²) in [6.07, 6.45) is 6.44. The minimum Gasteiger partial charge on any atom is -0.327 e. The van der Waals surface area contributed by atoms with Gasteiger partial charge in [-0.05, 0) is 42.9 Å². The lowest BCUT2D eigenvalue weighted by Crippen LogP contribution is -2.30. The molecule has 0 saturated heterocycles. The lowest BCUT2D eigenvalue weighted by atomic mass is 9.93. The van der Waals surface area contributed by atoms with Crippen LogP contribution < -0.4 is 5.73 Å². The van der Waals surface area contributed by atoms with E-state index in [1.807, 2.05) is 0 Å². The van der Waals surface area contributed by atoms with E-state index >= 15 is 0 Å². The van der Waals surface area contributed by atoms with Gasteiger partial charge in [-0.3, -0.25) is 0 Å². The van der Waals surface area contributed by atoms with E-state index in [9.17, 15) is 0 Å². The van der Waals surface area contributed by atoms with E-state index in [2.05, 4.69) is 40.2 Å². The third-order valence-electron chi connectivity index (χ3n) is 3.39. The molecule has 0 spiro atoms. The molecular formula is C13H18BrN. The molecule has 0 radical (unpaired) electrons. The second kappa shape index (κ2) is 5.13. The molecule has 0 aliphatic heterocycles. The van der Waals surface area contributed by atoms with E-state index in [0.29, 0.717) is 6.04 Å². The molecule has 1 saturated carbocycles. The molecule has 1 unspecified atom stereocenters. The molecule has 0 bridgehead atoms. The lowest BCUT2D eigenvalue weighted by molar-refractivity contribution is 0.429. The summed E-state index contributed by atoms with van der Waals surface area (Å²) in [7, 11) is 0. The van der Waals surface area contributed by atoms with Crippen LogP contribution in [0.1, 0.15) is 31.2 Å². The van der Waals surface area contributed by atoms with Crippen LogP contribution in [0, 0.1) is 5.92 Å². The highest BCUT2D eigenvalue weighted by atomic mass is 79.9. The van der Waals surface area contributed by atoms with Crippen molar-refractivity contribution in [2.75, 3.05) is 0 Å². The zero-order valence-electron chi connectivity index (χ0n) is 8.95. The van der Waals surface area contributed by atoms with Gasteiger partial charge in [0.2, 0.25) is 0 Å². The lowest BCUT2D eigenvalue weighted by Gasteiger charge is -2.18. The van der Waals surface area contributed by atoms with Crippen LogP contribution in [0.5, 0.6) is 0 Å². The first-order valence-corrected chi connectivity index (χ1v) is 6.55. The van der Waals surface area contributed by atoms with Crippen molar-refractivity contribution in [3.63, 3.8) is 0 Å². The monoisotopic (exact) mass is 267 g/mol. The topological polar surface area (TPSA) is 26.0 Å². The Kier molecular flexibility index (Phi) is 3.81. The van der Waals surface area contributed by atoms with Crippen LogP contribution >= 0.6 is 15.9 Å². The SMILES string of the molecule is NC(Cc1ccc(Br)cc1)C1CCCC1. The summed E-state index contributed by atoms with van der Waals surface area (Å²) in [5, 5.41) is 0. The Morgan fingerprint density at radius 1 is 1.20 bits per heavy atom. The molecule has 82 valence electrons. The smallest absolute Gasteiger partial charge is 0.0175 e. The van der Waals surface area contributed by atoms with Gasteiger partial charge in [0, 0.05) is 10.5 Å². The molecule has 15 heavy (non-hydrogen) atoms. The van der Waals surface area contributed by atoms with Crippen LogP contribution in [0.15, 0.2) is 28.7 Å². The summed E-state index contributed by atoms with van der Waals surface area (Å²) >= 11 is 3.45. The van der Waals surface area contributed by atoms with Gasteiger partial charge in [-0.25, -0.2) is 0 Å². The average Bonchev–Trinajstić information content (AvgIpc) is 2.74. The van der Waals surface area contributed by atoms with Crippen molar-refractivity contribution in [3.05, 3.63) is 34.3 Å². The molecule has 2 N–H and O–H groups in total. The van der Waals surface area contributed by atoms with E-state index in [1.54, 1.807) is 0 Å². The normalized spacial score (nSPS) is 19.3. The van der Waals surface area contributed by atoms with Gasteiger partial charge in [-0.15, -0.1) is 0 Å². The molecule has 1 aromatic rings. The fraction of sp³-hybridized carbons (Fsp3) is 0.538. The first-order chi connectivity index (χ1) is 7.25. The van der Waals surface area contributed by atoms with Gasteiger partial charge in [0.25, 0.3) is 0 Å². The van der Waals surface area contributed by atoms with E-state index < -0.39 is 0 Å². The summed E-state index contributed by atoms with van der Waals surface area (Å²) in [6, 6.07) is 8.87. The summed E-state index contributed by atoms with van der Waals surface area (Å²) in [5.41, 5.74) is 7.60. The molecule has 1 aromatic carbocycles. The van der Waals surface area contributed by atoms with Crippen LogP contribution in [0.4, 0.5) is 0 Å². The Hall–Kier alpha value is -0.340. The number of halogens is 1. The van der Waals surface area contributed by atoms with Crippen molar-refractivity contribution < 1.29 is 0 Å². The Morgan fingerprint density at radius 3 is 2.40 bits per heavy atom. The summed E-state index contributed by atoms with van der Waals surface area (Å²) in [5.74, 6) is 0.758. The first-order valence-electron chi connectivity index (χ1n) is 5.76. The minimum absolute atomic E-state index is 0.355.